The summed E-state index contributed by atoms with van der Waals surface area (Å²) in [6.45, 7) is 3.62. The number of nitrogens with zero attached hydrogens (tertiary/aromatic N) is 2. The Morgan fingerprint density at radius 2 is 2.44 bits per heavy atom. The van der Waals surface area contributed by atoms with Gasteiger partial charge in [0, 0.05) is 24.9 Å². The normalized spacial score (nSPS) is 20.8. The molecule has 1 aliphatic heterocycles. The molecule has 2 rings (SSSR count). The molecule has 16 heavy (non-hydrogen) atoms. The summed E-state index contributed by atoms with van der Waals surface area (Å²) in [6, 6.07) is 0. The fourth-order valence-electron chi connectivity index (χ4n) is 1.78. The maximum atomic E-state index is 5.74. The molecular weight excluding hydrogens is 226 g/mol. The first-order valence-corrected chi connectivity index (χ1v) is 5.98. The van der Waals surface area contributed by atoms with Gasteiger partial charge >= 0.3 is 0 Å². The van der Waals surface area contributed by atoms with Crippen molar-refractivity contribution in [3.8, 4) is 0 Å². The fourth-order valence-corrected chi connectivity index (χ4v) is 1.91. The van der Waals surface area contributed by atoms with E-state index in [9.17, 15) is 0 Å². The summed E-state index contributed by atoms with van der Waals surface area (Å²) in [5, 5.41) is 3.54. The minimum Gasteiger partial charge on any atom is -0.376 e. The molecule has 0 aliphatic carbocycles. The highest BCUT2D eigenvalue weighted by Gasteiger charge is 2.14. The maximum absolute atomic E-state index is 5.74. The summed E-state index contributed by atoms with van der Waals surface area (Å²) in [7, 11) is 0. The van der Waals surface area contributed by atoms with Gasteiger partial charge in [-0.1, -0.05) is 0 Å². The molecule has 1 aliphatic rings. The third kappa shape index (κ3) is 3.06. The van der Waals surface area contributed by atoms with Crippen molar-refractivity contribution in [1.82, 2.24) is 9.97 Å². The summed E-state index contributed by atoms with van der Waals surface area (Å²) < 4.78 is 5.63. The summed E-state index contributed by atoms with van der Waals surface area (Å²) in [5.41, 5.74) is 1.00. The van der Waals surface area contributed by atoms with Crippen LogP contribution >= 0.6 is 11.6 Å². The van der Waals surface area contributed by atoms with Crippen LogP contribution in [0.1, 0.15) is 24.8 Å². The zero-order valence-electron chi connectivity index (χ0n) is 9.37. The van der Waals surface area contributed by atoms with Crippen LogP contribution in [0.15, 0.2) is 6.20 Å². The summed E-state index contributed by atoms with van der Waals surface area (Å²) >= 11 is 5.74. The van der Waals surface area contributed by atoms with Crippen molar-refractivity contribution in [2.45, 2.75) is 32.3 Å². The Morgan fingerprint density at radius 3 is 3.19 bits per heavy atom. The molecule has 0 aromatic carbocycles. The van der Waals surface area contributed by atoms with E-state index in [0.717, 1.165) is 31.0 Å². The van der Waals surface area contributed by atoms with Crippen molar-refractivity contribution >= 4 is 17.4 Å². The first-order valence-electron chi connectivity index (χ1n) is 5.60. The van der Waals surface area contributed by atoms with Crippen molar-refractivity contribution in [2.24, 2.45) is 0 Å². The number of halogens is 1. The van der Waals surface area contributed by atoms with Crippen LogP contribution in [0.4, 0.5) is 5.82 Å². The average molecular weight is 242 g/mol. The van der Waals surface area contributed by atoms with E-state index in [0.29, 0.717) is 6.10 Å². The van der Waals surface area contributed by atoms with Crippen LogP contribution in [0.3, 0.4) is 0 Å². The molecule has 1 unspecified atom stereocenters. The number of rotatable bonds is 3. The lowest BCUT2D eigenvalue weighted by Gasteiger charge is -2.23. The van der Waals surface area contributed by atoms with Gasteiger partial charge in [-0.15, -0.1) is 0 Å². The van der Waals surface area contributed by atoms with Gasteiger partial charge < -0.3 is 10.1 Å². The van der Waals surface area contributed by atoms with Crippen LogP contribution in [0.25, 0.3) is 0 Å². The predicted octanol–water partition coefficient (Wildman–Crippen LogP) is 2.42. The Morgan fingerprint density at radius 1 is 1.56 bits per heavy atom. The van der Waals surface area contributed by atoms with E-state index in [4.69, 9.17) is 16.3 Å². The largest absolute Gasteiger partial charge is 0.376 e. The third-order valence-electron chi connectivity index (χ3n) is 2.71. The van der Waals surface area contributed by atoms with Crippen molar-refractivity contribution in [3.05, 3.63) is 17.0 Å². The summed E-state index contributed by atoms with van der Waals surface area (Å²) in [5.74, 6) is 0.800. The fraction of sp³-hybridized carbons (Fsp3) is 0.636. The number of aryl methyl sites for hydroxylation is 1. The summed E-state index contributed by atoms with van der Waals surface area (Å²) in [6.07, 6.45) is 5.55. The molecule has 0 amide bonds. The molecule has 1 aromatic heterocycles. The molecule has 0 saturated carbocycles. The van der Waals surface area contributed by atoms with Gasteiger partial charge in [-0.2, -0.15) is 0 Å². The standard InChI is InChI=1S/C11H16ClN3O/c1-8-6-14-11(12)15-10(8)13-7-9-4-2-3-5-16-9/h6,9H,2-5,7H2,1H3,(H,13,14,15). The second-order valence-corrected chi connectivity index (χ2v) is 4.38. The lowest BCUT2D eigenvalue weighted by Crippen LogP contribution is -2.27. The van der Waals surface area contributed by atoms with Gasteiger partial charge in [-0.25, -0.2) is 9.97 Å². The van der Waals surface area contributed by atoms with Crippen LogP contribution in [0.2, 0.25) is 5.28 Å². The number of hydrogen-bond acceptors (Lipinski definition) is 4. The van der Waals surface area contributed by atoms with Crippen LogP contribution in [-0.4, -0.2) is 29.2 Å². The molecule has 1 atom stereocenters. The highest BCUT2D eigenvalue weighted by Crippen LogP contribution is 2.16. The van der Waals surface area contributed by atoms with E-state index in [1.807, 2.05) is 6.92 Å². The molecule has 1 fully saturated rings. The van der Waals surface area contributed by atoms with Gasteiger partial charge in [0.25, 0.3) is 0 Å². The van der Waals surface area contributed by atoms with Crippen LogP contribution in [0.5, 0.6) is 0 Å². The second-order valence-electron chi connectivity index (χ2n) is 4.04. The van der Waals surface area contributed by atoms with E-state index in [2.05, 4.69) is 15.3 Å². The quantitative estimate of drug-likeness (QED) is 0.826. The van der Waals surface area contributed by atoms with Crippen LogP contribution in [0, 0.1) is 6.92 Å². The minimum atomic E-state index is 0.276. The highest BCUT2D eigenvalue weighted by atomic mass is 35.5. The molecule has 4 nitrogen and oxygen atoms in total. The number of ether oxygens (including phenoxy) is 1. The minimum absolute atomic E-state index is 0.276. The Labute approximate surface area is 100 Å². The topological polar surface area (TPSA) is 47.0 Å². The molecule has 1 saturated heterocycles. The van der Waals surface area contributed by atoms with E-state index < -0.39 is 0 Å². The maximum Gasteiger partial charge on any atom is 0.224 e. The zero-order valence-corrected chi connectivity index (χ0v) is 10.1. The number of nitrogens with one attached hydrogen (secondary N) is 1. The Bertz CT molecular complexity index is 353. The van der Waals surface area contributed by atoms with E-state index in [1.54, 1.807) is 6.20 Å². The smallest absolute Gasteiger partial charge is 0.224 e. The Kier molecular flexibility index (Phi) is 3.96. The number of anilines is 1. The Hall–Kier alpha value is -0.870. The van der Waals surface area contributed by atoms with E-state index in [-0.39, 0.29) is 5.28 Å². The van der Waals surface area contributed by atoms with E-state index in [1.165, 1.54) is 12.8 Å². The molecule has 0 radical (unpaired) electrons. The van der Waals surface area contributed by atoms with Crippen LogP contribution in [-0.2, 0) is 4.74 Å². The van der Waals surface area contributed by atoms with E-state index >= 15 is 0 Å². The van der Waals surface area contributed by atoms with Crippen molar-refractivity contribution in [2.75, 3.05) is 18.5 Å². The van der Waals surface area contributed by atoms with Crippen LogP contribution < -0.4 is 5.32 Å². The SMILES string of the molecule is Cc1cnc(Cl)nc1NCC1CCCCO1. The molecule has 0 bridgehead atoms. The van der Waals surface area contributed by atoms with Gasteiger partial charge in [0.05, 0.1) is 6.10 Å². The number of aromatic nitrogens is 2. The number of hydrogen-bond donors (Lipinski definition) is 1. The molecule has 1 aromatic rings. The molecule has 88 valence electrons. The molecular formula is C11H16ClN3O. The highest BCUT2D eigenvalue weighted by molar-refractivity contribution is 6.28. The molecule has 0 spiro atoms. The first kappa shape index (κ1) is 11.6. The lowest BCUT2D eigenvalue weighted by atomic mass is 10.1. The summed E-state index contributed by atoms with van der Waals surface area (Å²) in [4.78, 5) is 8.06. The molecule has 1 N–H and O–H groups in total. The zero-order chi connectivity index (χ0) is 11.4. The second kappa shape index (κ2) is 5.46. The first-order chi connectivity index (χ1) is 7.75. The van der Waals surface area contributed by atoms with Gasteiger partial charge in [0.1, 0.15) is 5.82 Å². The van der Waals surface area contributed by atoms with Gasteiger partial charge in [0.15, 0.2) is 0 Å². The Balaban J connectivity index is 1.90. The third-order valence-corrected chi connectivity index (χ3v) is 2.90. The van der Waals surface area contributed by atoms with Gasteiger partial charge in [-0.05, 0) is 37.8 Å². The van der Waals surface area contributed by atoms with Crippen molar-refractivity contribution in [1.29, 1.82) is 0 Å². The van der Waals surface area contributed by atoms with Crippen molar-refractivity contribution in [3.63, 3.8) is 0 Å². The monoisotopic (exact) mass is 241 g/mol. The predicted molar refractivity (Wildman–Crippen MR) is 63.9 cm³/mol. The lowest BCUT2D eigenvalue weighted by molar-refractivity contribution is 0.0247. The van der Waals surface area contributed by atoms with Gasteiger partial charge in [0.2, 0.25) is 5.28 Å². The molecule has 2 heterocycles. The average Bonchev–Trinajstić information content (AvgIpc) is 2.32. The van der Waals surface area contributed by atoms with Gasteiger partial charge in [-0.3, -0.25) is 0 Å². The molecule has 5 heteroatoms. The van der Waals surface area contributed by atoms with Crippen molar-refractivity contribution < 1.29 is 4.74 Å².